The topological polar surface area (TPSA) is 44.2 Å². The Kier molecular flexibility index (Phi) is 4.38. The van der Waals surface area contributed by atoms with Gasteiger partial charge in [-0.1, -0.05) is 17.7 Å². The fraction of sp³-hybridized carbons (Fsp3) is 0.167. The lowest BCUT2D eigenvalue weighted by Gasteiger charge is -2.11. The number of hydrogen-bond acceptors (Lipinski definition) is 4. The van der Waals surface area contributed by atoms with Gasteiger partial charge in [0.1, 0.15) is 12.3 Å². The summed E-state index contributed by atoms with van der Waals surface area (Å²) in [5, 5.41) is 8.02. The first-order chi connectivity index (χ1) is 8.70. The Morgan fingerprint density at radius 1 is 1.22 bits per heavy atom. The molecule has 0 fully saturated rings. The van der Waals surface area contributed by atoms with Crippen LogP contribution < -0.4 is 9.47 Å². The summed E-state index contributed by atoms with van der Waals surface area (Å²) in [5.74, 6) is 1.29. The van der Waals surface area contributed by atoms with E-state index in [0.717, 1.165) is 4.47 Å². The van der Waals surface area contributed by atoms with Crippen LogP contribution in [0, 0.1) is 0 Å². The van der Waals surface area contributed by atoms with Crippen LogP contribution in [0.4, 0.5) is 0 Å². The Morgan fingerprint density at radius 3 is 2.72 bits per heavy atom. The molecule has 0 saturated heterocycles. The molecule has 6 heteroatoms. The summed E-state index contributed by atoms with van der Waals surface area (Å²) < 4.78 is 11.7. The minimum atomic E-state index is 0.295. The Labute approximate surface area is 118 Å². The van der Waals surface area contributed by atoms with E-state index in [1.54, 1.807) is 19.2 Å². The lowest BCUT2D eigenvalue weighted by molar-refractivity contribution is 0.277. The second kappa shape index (κ2) is 6.02. The molecule has 0 amide bonds. The summed E-state index contributed by atoms with van der Waals surface area (Å²) in [7, 11) is 1.59. The molecule has 0 bridgehead atoms. The molecular formula is C12H10BrClN2O2. The van der Waals surface area contributed by atoms with Crippen LogP contribution in [0.5, 0.6) is 11.5 Å². The highest BCUT2D eigenvalue weighted by molar-refractivity contribution is 9.10. The maximum atomic E-state index is 5.67. The first-order valence-electron chi connectivity index (χ1n) is 5.14. The first-order valence-corrected chi connectivity index (χ1v) is 6.31. The first kappa shape index (κ1) is 13.1. The highest BCUT2D eigenvalue weighted by atomic mass is 79.9. The second-order valence-electron chi connectivity index (χ2n) is 3.41. The van der Waals surface area contributed by atoms with Gasteiger partial charge in [-0.3, -0.25) is 0 Å². The standard InChI is InChI=1S/C12H10BrClN2O2/c1-17-10-4-2-3-9(13)12(10)18-7-8-5-6-11(14)16-15-8/h2-6H,7H2,1H3. The molecule has 18 heavy (non-hydrogen) atoms. The normalized spacial score (nSPS) is 10.2. The van der Waals surface area contributed by atoms with E-state index in [1.807, 2.05) is 18.2 Å². The lowest BCUT2D eigenvalue weighted by atomic mass is 10.3. The molecule has 0 unspecified atom stereocenters. The average Bonchev–Trinajstić information content (AvgIpc) is 2.39. The molecular weight excluding hydrogens is 320 g/mol. The molecule has 94 valence electrons. The summed E-state index contributed by atoms with van der Waals surface area (Å²) in [6, 6.07) is 9.01. The number of hydrogen-bond donors (Lipinski definition) is 0. The number of halogens is 2. The highest BCUT2D eigenvalue weighted by Gasteiger charge is 2.09. The van der Waals surface area contributed by atoms with Gasteiger partial charge in [0, 0.05) is 0 Å². The largest absolute Gasteiger partial charge is 0.493 e. The molecule has 1 aromatic heterocycles. The third kappa shape index (κ3) is 3.11. The van der Waals surface area contributed by atoms with E-state index >= 15 is 0 Å². The zero-order valence-electron chi connectivity index (χ0n) is 9.56. The molecule has 0 aliphatic heterocycles. The molecule has 2 aromatic rings. The van der Waals surface area contributed by atoms with Crippen LogP contribution in [0.1, 0.15) is 5.69 Å². The minimum absolute atomic E-state index is 0.295. The molecule has 0 saturated carbocycles. The molecule has 0 atom stereocenters. The van der Waals surface area contributed by atoms with E-state index < -0.39 is 0 Å². The number of aromatic nitrogens is 2. The molecule has 0 spiro atoms. The monoisotopic (exact) mass is 328 g/mol. The SMILES string of the molecule is COc1cccc(Br)c1OCc1ccc(Cl)nn1. The van der Waals surface area contributed by atoms with Gasteiger partial charge in [-0.25, -0.2) is 0 Å². The molecule has 2 rings (SSSR count). The molecule has 4 nitrogen and oxygen atoms in total. The van der Waals surface area contributed by atoms with Crippen molar-refractivity contribution in [1.82, 2.24) is 10.2 Å². The van der Waals surface area contributed by atoms with E-state index in [4.69, 9.17) is 21.1 Å². The molecule has 0 aliphatic carbocycles. The summed E-state index contributed by atoms with van der Waals surface area (Å²) in [4.78, 5) is 0. The zero-order chi connectivity index (χ0) is 13.0. The van der Waals surface area contributed by atoms with Gasteiger partial charge in [-0.15, -0.1) is 5.10 Å². The van der Waals surface area contributed by atoms with E-state index in [-0.39, 0.29) is 0 Å². The Balaban J connectivity index is 2.12. The molecule has 0 radical (unpaired) electrons. The quantitative estimate of drug-likeness (QED) is 0.861. The van der Waals surface area contributed by atoms with Crippen molar-refractivity contribution in [3.8, 4) is 11.5 Å². The summed E-state index contributed by atoms with van der Waals surface area (Å²) >= 11 is 9.07. The fourth-order valence-electron chi connectivity index (χ4n) is 1.36. The Hall–Kier alpha value is -1.33. The van der Waals surface area contributed by atoms with Gasteiger partial charge in [0.2, 0.25) is 0 Å². The van der Waals surface area contributed by atoms with Crippen LogP contribution in [0.25, 0.3) is 0 Å². The van der Waals surface area contributed by atoms with Crippen molar-refractivity contribution in [3.63, 3.8) is 0 Å². The van der Waals surface area contributed by atoms with Gasteiger partial charge >= 0.3 is 0 Å². The predicted molar refractivity (Wildman–Crippen MR) is 72.1 cm³/mol. The Morgan fingerprint density at radius 2 is 2.06 bits per heavy atom. The zero-order valence-corrected chi connectivity index (χ0v) is 11.9. The highest BCUT2D eigenvalue weighted by Crippen LogP contribution is 2.35. The van der Waals surface area contributed by atoms with Crippen molar-refractivity contribution in [2.24, 2.45) is 0 Å². The van der Waals surface area contributed by atoms with Gasteiger partial charge in [-0.2, -0.15) is 5.10 Å². The van der Waals surface area contributed by atoms with Gasteiger partial charge in [0.25, 0.3) is 0 Å². The number of ether oxygens (including phenoxy) is 2. The maximum Gasteiger partial charge on any atom is 0.175 e. The van der Waals surface area contributed by atoms with Crippen molar-refractivity contribution in [1.29, 1.82) is 0 Å². The van der Waals surface area contributed by atoms with Crippen LogP contribution in [-0.4, -0.2) is 17.3 Å². The van der Waals surface area contributed by atoms with Gasteiger partial charge in [0.15, 0.2) is 16.7 Å². The predicted octanol–water partition coefficient (Wildman–Crippen LogP) is 3.48. The van der Waals surface area contributed by atoms with Crippen molar-refractivity contribution in [3.05, 3.63) is 45.7 Å². The lowest BCUT2D eigenvalue weighted by Crippen LogP contribution is -2.01. The van der Waals surface area contributed by atoms with Gasteiger partial charge in [0.05, 0.1) is 11.6 Å². The van der Waals surface area contributed by atoms with E-state index in [9.17, 15) is 0 Å². The molecule has 1 aromatic carbocycles. The number of nitrogens with zero attached hydrogens (tertiary/aromatic N) is 2. The third-order valence-corrected chi connectivity index (χ3v) is 3.03. The molecule has 1 heterocycles. The Bertz CT molecular complexity index is 534. The molecule has 0 aliphatic rings. The van der Waals surface area contributed by atoms with Crippen LogP contribution in [0.15, 0.2) is 34.8 Å². The third-order valence-electron chi connectivity index (χ3n) is 2.20. The van der Waals surface area contributed by atoms with Crippen molar-refractivity contribution < 1.29 is 9.47 Å². The summed E-state index contributed by atoms with van der Waals surface area (Å²) in [6.45, 7) is 0.295. The average molecular weight is 330 g/mol. The molecule has 0 N–H and O–H groups in total. The number of methoxy groups -OCH3 is 1. The summed E-state index contributed by atoms with van der Waals surface area (Å²) in [6.07, 6.45) is 0. The van der Waals surface area contributed by atoms with Crippen molar-refractivity contribution >= 4 is 27.5 Å². The fourth-order valence-corrected chi connectivity index (χ4v) is 1.92. The van der Waals surface area contributed by atoms with Crippen LogP contribution in [-0.2, 0) is 6.61 Å². The number of para-hydroxylation sites is 1. The van der Waals surface area contributed by atoms with E-state index in [0.29, 0.717) is 29.0 Å². The second-order valence-corrected chi connectivity index (χ2v) is 4.65. The number of benzene rings is 1. The maximum absolute atomic E-state index is 5.67. The van der Waals surface area contributed by atoms with Crippen LogP contribution >= 0.6 is 27.5 Å². The van der Waals surface area contributed by atoms with Gasteiger partial charge in [-0.05, 0) is 40.2 Å². The van der Waals surface area contributed by atoms with E-state index in [2.05, 4.69) is 26.1 Å². The minimum Gasteiger partial charge on any atom is -0.493 e. The van der Waals surface area contributed by atoms with Crippen molar-refractivity contribution in [2.45, 2.75) is 6.61 Å². The van der Waals surface area contributed by atoms with Crippen LogP contribution in [0.3, 0.4) is 0 Å². The van der Waals surface area contributed by atoms with Gasteiger partial charge < -0.3 is 9.47 Å². The summed E-state index contributed by atoms with van der Waals surface area (Å²) in [5.41, 5.74) is 0.692. The van der Waals surface area contributed by atoms with Crippen LogP contribution in [0.2, 0.25) is 5.15 Å². The number of rotatable bonds is 4. The smallest absolute Gasteiger partial charge is 0.175 e. The van der Waals surface area contributed by atoms with E-state index in [1.165, 1.54) is 0 Å². The van der Waals surface area contributed by atoms with Crippen molar-refractivity contribution in [2.75, 3.05) is 7.11 Å².